The van der Waals surface area contributed by atoms with Gasteiger partial charge in [-0.1, -0.05) is 82.7 Å². The SMILES string of the molecule is CCCCCCCCC(CC)C(Cc1ccccc1)(OC)OC. The lowest BCUT2D eigenvalue weighted by molar-refractivity contribution is -0.241. The summed E-state index contributed by atoms with van der Waals surface area (Å²) in [5.41, 5.74) is 1.28. The molecule has 0 fully saturated rings. The Kier molecular flexibility index (Phi) is 10.2. The summed E-state index contributed by atoms with van der Waals surface area (Å²) < 4.78 is 11.8. The first-order valence-electron chi connectivity index (χ1n) is 9.36. The molecule has 2 heteroatoms. The Morgan fingerprint density at radius 1 is 0.870 bits per heavy atom. The highest BCUT2D eigenvalue weighted by Crippen LogP contribution is 2.33. The summed E-state index contributed by atoms with van der Waals surface area (Å²) in [6, 6.07) is 10.5. The van der Waals surface area contributed by atoms with Gasteiger partial charge >= 0.3 is 0 Å². The molecule has 0 heterocycles. The third-order valence-electron chi connectivity index (χ3n) is 5.01. The fourth-order valence-corrected chi connectivity index (χ4v) is 3.49. The molecule has 0 spiro atoms. The predicted octanol–water partition coefficient (Wildman–Crippen LogP) is 6.00. The van der Waals surface area contributed by atoms with Gasteiger partial charge < -0.3 is 9.47 Å². The van der Waals surface area contributed by atoms with Gasteiger partial charge in [-0.15, -0.1) is 0 Å². The zero-order valence-electron chi connectivity index (χ0n) is 15.6. The summed E-state index contributed by atoms with van der Waals surface area (Å²) in [7, 11) is 3.58. The Balaban J connectivity index is 2.60. The summed E-state index contributed by atoms with van der Waals surface area (Å²) in [5.74, 6) is -0.0663. The van der Waals surface area contributed by atoms with Gasteiger partial charge in [-0.3, -0.25) is 0 Å². The van der Waals surface area contributed by atoms with Crippen LogP contribution in [0.4, 0.5) is 0 Å². The first kappa shape index (κ1) is 20.2. The lowest BCUT2D eigenvalue weighted by atomic mass is 9.85. The van der Waals surface area contributed by atoms with Crippen molar-refractivity contribution < 1.29 is 9.47 Å². The van der Waals surface area contributed by atoms with Crippen molar-refractivity contribution >= 4 is 0 Å². The Hall–Kier alpha value is -0.860. The van der Waals surface area contributed by atoms with Gasteiger partial charge in [0, 0.05) is 26.6 Å². The van der Waals surface area contributed by atoms with Gasteiger partial charge in [-0.25, -0.2) is 0 Å². The number of hydrogen-bond donors (Lipinski definition) is 0. The van der Waals surface area contributed by atoms with E-state index in [0.29, 0.717) is 5.92 Å². The minimum atomic E-state index is -0.500. The molecule has 0 saturated carbocycles. The van der Waals surface area contributed by atoms with Crippen molar-refractivity contribution in [1.82, 2.24) is 0 Å². The number of rotatable bonds is 13. The summed E-state index contributed by atoms with van der Waals surface area (Å²) in [6.45, 7) is 4.52. The maximum atomic E-state index is 5.92. The van der Waals surface area contributed by atoms with Gasteiger partial charge in [-0.2, -0.15) is 0 Å². The number of hydrogen-bond acceptors (Lipinski definition) is 2. The van der Waals surface area contributed by atoms with Crippen LogP contribution in [0.3, 0.4) is 0 Å². The Morgan fingerprint density at radius 2 is 1.48 bits per heavy atom. The molecule has 0 amide bonds. The molecule has 0 aromatic heterocycles. The van der Waals surface area contributed by atoms with Crippen LogP contribution >= 0.6 is 0 Å². The zero-order chi connectivity index (χ0) is 17.0. The van der Waals surface area contributed by atoms with Crippen LogP contribution in [0.25, 0.3) is 0 Å². The van der Waals surface area contributed by atoms with Crippen LogP contribution < -0.4 is 0 Å². The molecule has 1 aromatic rings. The van der Waals surface area contributed by atoms with Gasteiger partial charge in [0.1, 0.15) is 0 Å². The monoisotopic (exact) mass is 320 g/mol. The molecule has 2 nitrogen and oxygen atoms in total. The Bertz CT molecular complexity index is 384. The van der Waals surface area contributed by atoms with Crippen molar-refractivity contribution in [3.63, 3.8) is 0 Å². The Morgan fingerprint density at radius 3 is 2.04 bits per heavy atom. The minimum Gasteiger partial charge on any atom is -0.353 e. The molecular weight excluding hydrogens is 284 g/mol. The van der Waals surface area contributed by atoms with E-state index in [1.807, 2.05) is 0 Å². The molecule has 1 atom stereocenters. The predicted molar refractivity (Wildman–Crippen MR) is 98.7 cm³/mol. The van der Waals surface area contributed by atoms with Crippen LogP contribution in [0.15, 0.2) is 30.3 Å². The quantitative estimate of drug-likeness (QED) is 0.328. The van der Waals surface area contributed by atoms with Crippen LogP contribution in [0.1, 0.15) is 70.8 Å². The smallest absolute Gasteiger partial charge is 0.174 e. The number of methoxy groups -OCH3 is 2. The summed E-state index contributed by atoms with van der Waals surface area (Å²) in [6.07, 6.45) is 11.1. The van der Waals surface area contributed by atoms with Gasteiger partial charge in [0.2, 0.25) is 0 Å². The molecule has 0 N–H and O–H groups in total. The maximum absolute atomic E-state index is 5.92. The summed E-state index contributed by atoms with van der Waals surface area (Å²) in [5, 5.41) is 0. The number of benzene rings is 1. The lowest BCUT2D eigenvalue weighted by Gasteiger charge is -2.38. The first-order chi connectivity index (χ1) is 11.2. The second-order valence-corrected chi connectivity index (χ2v) is 6.54. The zero-order valence-corrected chi connectivity index (χ0v) is 15.6. The van der Waals surface area contributed by atoms with E-state index >= 15 is 0 Å². The van der Waals surface area contributed by atoms with E-state index in [9.17, 15) is 0 Å². The largest absolute Gasteiger partial charge is 0.353 e. The molecule has 0 aliphatic heterocycles. The average Bonchev–Trinajstić information content (AvgIpc) is 2.60. The summed E-state index contributed by atoms with van der Waals surface area (Å²) >= 11 is 0. The highest BCUT2D eigenvalue weighted by molar-refractivity contribution is 5.16. The molecule has 0 saturated heterocycles. The van der Waals surface area contributed by atoms with E-state index in [2.05, 4.69) is 44.2 Å². The molecule has 1 rings (SSSR count). The van der Waals surface area contributed by atoms with Crippen molar-refractivity contribution in [2.24, 2.45) is 5.92 Å². The van der Waals surface area contributed by atoms with Crippen LogP contribution in [0, 0.1) is 5.92 Å². The first-order valence-corrected chi connectivity index (χ1v) is 9.36. The third kappa shape index (κ3) is 6.64. The summed E-state index contributed by atoms with van der Waals surface area (Å²) in [4.78, 5) is 0. The second-order valence-electron chi connectivity index (χ2n) is 6.54. The fraction of sp³-hybridized carbons (Fsp3) is 0.714. The van der Waals surface area contributed by atoms with Crippen molar-refractivity contribution in [2.75, 3.05) is 14.2 Å². The van der Waals surface area contributed by atoms with Gasteiger partial charge in [-0.05, 0) is 18.4 Å². The molecule has 0 bridgehead atoms. The normalized spacial score (nSPS) is 13.2. The Labute approximate surface area is 143 Å². The molecule has 0 aliphatic carbocycles. The van der Waals surface area contributed by atoms with Crippen molar-refractivity contribution in [3.05, 3.63) is 35.9 Å². The van der Waals surface area contributed by atoms with Crippen LogP contribution in [-0.2, 0) is 15.9 Å². The van der Waals surface area contributed by atoms with E-state index in [-0.39, 0.29) is 0 Å². The van der Waals surface area contributed by atoms with Crippen LogP contribution in [0.5, 0.6) is 0 Å². The highest BCUT2D eigenvalue weighted by atomic mass is 16.7. The molecule has 1 aromatic carbocycles. The molecule has 23 heavy (non-hydrogen) atoms. The molecular formula is C21H36O2. The molecule has 132 valence electrons. The van der Waals surface area contributed by atoms with Crippen molar-refractivity contribution in [3.8, 4) is 0 Å². The van der Waals surface area contributed by atoms with Crippen LogP contribution in [0.2, 0.25) is 0 Å². The molecule has 1 unspecified atom stereocenters. The van der Waals surface area contributed by atoms with E-state index < -0.39 is 5.79 Å². The van der Waals surface area contributed by atoms with E-state index in [1.54, 1.807) is 14.2 Å². The standard InChI is InChI=1S/C21H36O2/c1-5-7-8-9-10-14-17-20(6-2)21(22-3,23-4)18-19-15-12-11-13-16-19/h11-13,15-16,20H,5-10,14,17-18H2,1-4H3. The number of ether oxygens (including phenoxy) is 2. The minimum absolute atomic E-state index is 0.434. The lowest BCUT2D eigenvalue weighted by Crippen LogP contribution is -2.44. The molecule has 0 radical (unpaired) electrons. The number of unbranched alkanes of at least 4 members (excludes halogenated alkanes) is 5. The average molecular weight is 321 g/mol. The third-order valence-corrected chi connectivity index (χ3v) is 5.01. The van der Waals surface area contributed by atoms with Gasteiger partial charge in [0.15, 0.2) is 5.79 Å². The van der Waals surface area contributed by atoms with Crippen molar-refractivity contribution in [2.45, 2.75) is 77.4 Å². The second kappa shape index (κ2) is 11.6. The van der Waals surface area contributed by atoms with E-state index in [0.717, 1.165) is 12.8 Å². The fourth-order valence-electron chi connectivity index (χ4n) is 3.49. The van der Waals surface area contributed by atoms with Gasteiger partial charge in [0.05, 0.1) is 0 Å². The van der Waals surface area contributed by atoms with E-state index in [4.69, 9.17) is 9.47 Å². The van der Waals surface area contributed by atoms with E-state index in [1.165, 1.54) is 50.5 Å². The van der Waals surface area contributed by atoms with Crippen molar-refractivity contribution in [1.29, 1.82) is 0 Å². The topological polar surface area (TPSA) is 18.5 Å². The molecule has 0 aliphatic rings. The van der Waals surface area contributed by atoms with Crippen LogP contribution in [-0.4, -0.2) is 20.0 Å². The van der Waals surface area contributed by atoms with Gasteiger partial charge in [0.25, 0.3) is 0 Å². The maximum Gasteiger partial charge on any atom is 0.174 e. The highest BCUT2D eigenvalue weighted by Gasteiger charge is 2.37.